The second kappa shape index (κ2) is 7.75. The van der Waals surface area contributed by atoms with Crippen molar-refractivity contribution in [2.45, 2.75) is 31.7 Å². The molecule has 1 N–H and O–H groups in total. The quantitative estimate of drug-likeness (QED) is 0.851. The third-order valence-corrected chi connectivity index (χ3v) is 4.58. The van der Waals surface area contributed by atoms with E-state index in [0.717, 1.165) is 31.5 Å². The molecule has 0 bridgehead atoms. The third-order valence-electron chi connectivity index (χ3n) is 4.58. The summed E-state index contributed by atoms with van der Waals surface area (Å²) in [4.78, 5) is 28.0. The first kappa shape index (κ1) is 16.9. The molecule has 0 radical (unpaired) electrons. The number of amides is 2. The van der Waals surface area contributed by atoms with Crippen molar-refractivity contribution >= 4 is 11.8 Å². The van der Waals surface area contributed by atoms with Crippen molar-refractivity contribution in [3.63, 3.8) is 0 Å². The molecular weight excluding hydrogens is 309 g/mol. The molecule has 1 aliphatic heterocycles. The van der Waals surface area contributed by atoms with Crippen LogP contribution in [-0.4, -0.2) is 60.4 Å². The van der Waals surface area contributed by atoms with Gasteiger partial charge in [0.05, 0.1) is 6.54 Å². The molecule has 1 aromatic carbocycles. The van der Waals surface area contributed by atoms with Crippen LogP contribution in [0.25, 0.3) is 0 Å². The van der Waals surface area contributed by atoms with E-state index in [1.54, 1.807) is 12.1 Å². The molecule has 130 valence electrons. The minimum atomic E-state index is -0.257. The highest BCUT2D eigenvalue weighted by Crippen LogP contribution is 2.18. The highest BCUT2D eigenvalue weighted by atomic mass is 19.1. The van der Waals surface area contributed by atoms with Crippen LogP contribution >= 0.6 is 0 Å². The maximum atomic E-state index is 12.9. The number of benzene rings is 1. The van der Waals surface area contributed by atoms with Crippen molar-refractivity contribution in [2.75, 3.05) is 32.7 Å². The predicted octanol–water partition coefficient (Wildman–Crippen LogP) is 1.18. The fourth-order valence-electron chi connectivity index (χ4n) is 2.92. The Morgan fingerprint density at radius 2 is 1.75 bits per heavy atom. The van der Waals surface area contributed by atoms with Gasteiger partial charge in [0.15, 0.2) is 0 Å². The maximum absolute atomic E-state index is 12.9. The number of halogens is 1. The molecule has 24 heavy (non-hydrogen) atoms. The number of carbonyl (C=O) groups excluding carboxylic acids is 2. The average molecular weight is 333 g/mol. The van der Waals surface area contributed by atoms with Gasteiger partial charge in [0.1, 0.15) is 5.82 Å². The van der Waals surface area contributed by atoms with Crippen molar-refractivity contribution < 1.29 is 14.0 Å². The summed E-state index contributed by atoms with van der Waals surface area (Å²) in [5.41, 5.74) is 0.972. The molecule has 1 aromatic rings. The van der Waals surface area contributed by atoms with Crippen molar-refractivity contribution in [3.8, 4) is 0 Å². The molecule has 5 nitrogen and oxygen atoms in total. The van der Waals surface area contributed by atoms with E-state index < -0.39 is 0 Å². The van der Waals surface area contributed by atoms with Crippen LogP contribution in [-0.2, 0) is 16.0 Å². The van der Waals surface area contributed by atoms with Crippen molar-refractivity contribution in [3.05, 3.63) is 35.6 Å². The van der Waals surface area contributed by atoms with Gasteiger partial charge < -0.3 is 10.2 Å². The fourth-order valence-corrected chi connectivity index (χ4v) is 2.92. The van der Waals surface area contributed by atoms with Crippen LogP contribution < -0.4 is 5.32 Å². The Morgan fingerprint density at radius 1 is 1.08 bits per heavy atom. The van der Waals surface area contributed by atoms with Crippen molar-refractivity contribution in [1.29, 1.82) is 0 Å². The van der Waals surface area contributed by atoms with Gasteiger partial charge in [-0.05, 0) is 37.0 Å². The topological polar surface area (TPSA) is 52.7 Å². The standard InChI is InChI=1S/C18H24FN3O2/c19-15-4-1-14(2-5-15)3-8-18(24)22-11-9-21(10-12-22)13-17(23)20-16-6-7-16/h1-2,4-5,16H,3,6-13H2,(H,20,23). The van der Waals surface area contributed by atoms with Crippen LogP contribution in [0.2, 0.25) is 0 Å². The first-order valence-corrected chi connectivity index (χ1v) is 8.64. The summed E-state index contributed by atoms with van der Waals surface area (Å²) in [5, 5.41) is 2.99. The smallest absolute Gasteiger partial charge is 0.234 e. The number of nitrogens with zero attached hydrogens (tertiary/aromatic N) is 2. The number of nitrogens with one attached hydrogen (secondary N) is 1. The second-order valence-corrected chi connectivity index (χ2v) is 6.63. The van der Waals surface area contributed by atoms with Gasteiger partial charge >= 0.3 is 0 Å². The lowest BCUT2D eigenvalue weighted by Gasteiger charge is -2.34. The molecule has 3 rings (SSSR count). The lowest BCUT2D eigenvalue weighted by Crippen LogP contribution is -2.51. The Balaban J connectivity index is 1.36. The van der Waals surface area contributed by atoms with Gasteiger partial charge in [0.2, 0.25) is 11.8 Å². The van der Waals surface area contributed by atoms with E-state index in [2.05, 4.69) is 10.2 Å². The van der Waals surface area contributed by atoms with E-state index >= 15 is 0 Å². The van der Waals surface area contributed by atoms with Gasteiger partial charge in [-0.1, -0.05) is 12.1 Å². The monoisotopic (exact) mass is 333 g/mol. The van der Waals surface area contributed by atoms with Crippen LogP contribution in [0.4, 0.5) is 4.39 Å². The zero-order valence-electron chi connectivity index (χ0n) is 13.8. The molecular formula is C18H24FN3O2. The Hall–Kier alpha value is -1.95. The highest BCUT2D eigenvalue weighted by Gasteiger charge is 2.26. The Bertz CT molecular complexity index is 578. The zero-order valence-corrected chi connectivity index (χ0v) is 13.8. The molecule has 0 unspecified atom stereocenters. The van der Waals surface area contributed by atoms with Gasteiger partial charge in [-0.15, -0.1) is 0 Å². The molecule has 2 aliphatic rings. The van der Waals surface area contributed by atoms with E-state index in [-0.39, 0.29) is 17.6 Å². The van der Waals surface area contributed by atoms with Gasteiger partial charge in [-0.25, -0.2) is 4.39 Å². The molecule has 0 aromatic heterocycles. The highest BCUT2D eigenvalue weighted by molar-refractivity contribution is 5.79. The number of carbonyl (C=O) groups is 2. The predicted molar refractivity (Wildman–Crippen MR) is 88.9 cm³/mol. The SMILES string of the molecule is O=C(CN1CCN(C(=O)CCc2ccc(F)cc2)CC1)NC1CC1. The minimum Gasteiger partial charge on any atom is -0.352 e. The number of aryl methyl sites for hydroxylation is 1. The molecule has 2 amide bonds. The zero-order chi connectivity index (χ0) is 16.9. The fraction of sp³-hybridized carbons (Fsp3) is 0.556. The average Bonchev–Trinajstić information content (AvgIpc) is 3.38. The molecule has 6 heteroatoms. The summed E-state index contributed by atoms with van der Waals surface area (Å²) in [6.45, 7) is 3.23. The van der Waals surface area contributed by atoms with Gasteiger partial charge in [0, 0.05) is 38.6 Å². The third kappa shape index (κ3) is 5.03. The van der Waals surface area contributed by atoms with Gasteiger partial charge in [-0.2, -0.15) is 0 Å². The molecule has 1 heterocycles. The lowest BCUT2D eigenvalue weighted by molar-refractivity contribution is -0.133. The number of piperazine rings is 1. The van der Waals surface area contributed by atoms with Crippen molar-refractivity contribution in [1.82, 2.24) is 15.1 Å². The summed E-state index contributed by atoms with van der Waals surface area (Å²) in [7, 11) is 0. The summed E-state index contributed by atoms with van der Waals surface area (Å²) in [5.74, 6) is -0.0399. The van der Waals surface area contributed by atoms with Crippen LogP contribution in [0, 0.1) is 5.82 Å². The first-order valence-electron chi connectivity index (χ1n) is 8.64. The van der Waals surface area contributed by atoms with E-state index in [4.69, 9.17) is 0 Å². The second-order valence-electron chi connectivity index (χ2n) is 6.63. The van der Waals surface area contributed by atoms with Crippen molar-refractivity contribution in [2.24, 2.45) is 0 Å². The Labute approximate surface area is 141 Å². The first-order chi connectivity index (χ1) is 11.6. The summed E-state index contributed by atoms with van der Waals surface area (Å²) < 4.78 is 12.9. The van der Waals surface area contributed by atoms with E-state index in [1.165, 1.54) is 12.1 Å². The van der Waals surface area contributed by atoms with E-state index in [9.17, 15) is 14.0 Å². The van der Waals surface area contributed by atoms with Crippen LogP contribution in [0.15, 0.2) is 24.3 Å². The van der Waals surface area contributed by atoms with Crippen LogP contribution in [0.3, 0.4) is 0 Å². The summed E-state index contributed by atoms with van der Waals surface area (Å²) >= 11 is 0. The molecule has 1 saturated heterocycles. The largest absolute Gasteiger partial charge is 0.352 e. The van der Waals surface area contributed by atoms with Crippen LogP contribution in [0.1, 0.15) is 24.8 Å². The van der Waals surface area contributed by atoms with E-state index in [1.807, 2.05) is 4.90 Å². The molecule has 2 fully saturated rings. The van der Waals surface area contributed by atoms with Gasteiger partial charge in [-0.3, -0.25) is 14.5 Å². The van der Waals surface area contributed by atoms with Crippen LogP contribution in [0.5, 0.6) is 0 Å². The van der Waals surface area contributed by atoms with E-state index in [0.29, 0.717) is 38.5 Å². The lowest BCUT2D eigenvalue weighted by atomic mass is 10.1. The van der Waals surface area contributed by atoms with Gasteiger partial charge in [0.25, 0.3) is 0 Å². The number of hydrogen-bond acceptors (Lipinski definition) is 3. The normalized spacial score (nSPS) is 18.5. The summed E-state index contributed by atoms with van der Waals surface area (Å²) in [6.07, 6.45) is 3.26. The maximum Gasteiger partial charge on any atom is 0.234 e. The molecule has 1 aliphatic carbocycles. The molecule has 0 atom stereocenters. The Morgan fingerprint density at radius 3 is 2.38 bits per heavy atom. The molecule has 0 spiro atoms. The molecule has 1 saturated carbocycles. The minimum absolute atomic E-state index is 0.0913. The Kier molecular flexibility index (Phi) is 5.45. The summed E-state index contributed by atoms with van der Waals surface area (Å²) in [6, 6.07) is 6.68. The number of hydrogen-bond donors (Lipinski definition) is 1. The number of rotatable bonds is 6.